The number of hydrogen-bond donors (Lipinski definition) is 0. The maximum atomic E-state index is 13.3. The first-order chi connectivity index (χ1) is 15.1. The van der Waals surface area contributed by atoms with Gasteiger partial charge in [0.15, 0.2) is 5.43 Å². The van der Waals surface area contributed by atoms with Crippen LogP contribution in [0.25, 0.3) is 22.2 Å². The van der Waals surface area contributed by atoms with Gasteiger partial charge in [0.25, 0.3) is 0 Å². The first-order valence-corrected chi connectivity index (χ1v) is 11.6. The first kappa shape index (κ1) is 18.6. The number of benzene rings is 3. The van der Waals surface area contributed by atoms with Gasteiger partial charge in [-0.25, -0.2) is 0 Å². The van der Waals surface area contributed by atoms with Crippen molar-refractivity contribution in [1.29, 1.82) is 0 Å². The standard InChI is InChI=1S/C28H23NOS/c1-28(2)21-10-4-6-12-23(21)29(24-13-7-5-11-22(24)28)18-15-16-26-20(17-18)27(30)19-9-3-8-14-25(19)31-26/h4-7,9-17H,3,8H2,1-2H3. The summed E-state index contributed by atoms with van der Waals surface area (Å²) in [7, 11) is 0. The minimum Gasteiger partial charge on any atom is -0.310 e. The zero-order chi connectivity index (χ0) is 21.2. The van der Waals surface area contributed by atoms with Crippen LogP contribution in [0.2, 0.25) is 0 Å². The lowest BCUT2D eigenvalue weighted by Crippen LogP contribution is -2.38. The summed E-state index contributed by atoms with van der Waals surface area (Å²) in [5.41, 5.74) is 6.06. The maximum absolute atomic E-state index is 13.3. The molecule has 0 N–H and O–H groups in total. The van der Waals surface area contributed by atoms with Gasteiger partial charge >= 0.3 is 0 Å². The summed E-state index contributed by atoms with van der Waals surface area (Å²) in [5, 5.41) is 1.69. The van der Waals surface area contributed by atoms with Crippen LogP contribution < -0.4 is 20.1 Å². The van der Waals surface area contributed by atoms with E-state index in [2.05, 4.69) is 97.6 Å². The molecule has 3 heteroatoms. The summed E-state index contributed by atoms with van der Waals surface area (Å²) in [5.74, 6) is 0. The molecule has 1 aliphatic heterocycles. The second-order valence-electron chi connectivity index (χ2n) is 8.87. The van der Waals surface area contributed by atoms with E-state index in [1.807, 2.05) is 0 Å². The Bertz CT molecular complexity index is 1490. The van der Waals surface area contributed by atoms with Crippen LogP contribution in [-0.2, 0) is 5.41 Å². The Morgan fingerprint density at radius 2 is 1.48 bits per heavy atom. The molecule has 2 nitrogen and oxygen atoms in total. The van der Waals surface area contributed by atoms with Gasteiger partial charge in [-0.05, 0) is 54.3 Å². The average Bonchev–Trinajstić information content (AvgIpc) is 2.80. The predicted molar refractivity (Wildman–Crippen MR) is 132 cm³/mol. The van der Waals surface area contributed by atoms with Gasteiger partial charge in [-0.2, -0.15) is 0 Å². The smallest absolute Gasteiger partial charge is 0.195 e. The van der Waals surface area contributed by atoms with Crippen LogP contribution in [-0.4, -0.2) is 0 Å². The molecule has 2 heterocycles. The lowest BCUT2D eigenvalue weighted by atomic mass is 9.73. The van der Waals surface area contributed by atoms with Crippen molar-refractivity contribution in [3.8, 4) is 0 Å². The SMILES string of the molecule is CC1(C)c2ccccc2N(c2ccc3sc4c(c(=O)c3c2)=CCCC=4)c2ccccc21. The average molecular weight is 422 g/mol. The Morgan fingerprint density at radius 1 is 0.839 bits per heavy atom. The van der Waals surface area contributed by atoms with E-state index in [9.17, 15) is 4.79 Å². The minimum atomic E-state index is -0.0871. The fourth-order valence-electron chi connectivity index (χ4n) is 5.09. The summed E-state index contributed by atoms with van der Waals surface area (Å²) in [6.07, 6.45) is 6.27. The molecule has 6 rings (SSSR count). The molecular formula is C28H23NOS. The van der Waals surface area contributed by atoms with E-state index in [1.165, 1.54) is 22.5 Å². The summed E-state index contributed by atoms with van der Waals surface area (Å²) in [6.45, 7) is 4.58. The van der Waals surface area contributed by atoms with Crippen LogP contribution in [0.3, 0.4) is 0 Å². The third-order valence-corrected chi connectivity index (χ3v) is 7.86. The highest BCUT2D eigenvalue weighted by atomic mass is 32.1. The Hall–Kier alpha value is -3.17. The molecule has 3 aromatic carbocycles. The van der Waals surface area contributed by atoms with E-state index in [-0.39, 0.29) is 10.8 Å². The Morgan fingerprint density at radius 3 is 2.19 bits per heavy atom. The first-order valence-electron chi connectivity index (χ1n) is 10.8. The van der Waals surface area contributed by atoms with E-state index in [4.69, 9.17) is 0 Å². The highest BCUT2D eigenvalue weighted by Crippen LogP contribution is 2.51. The summed E-state index contributed by atoms with van der Waals surface area (Å²) >= 11 is 1.72. The van der Waals surface area contributed by atoms with Crippen molar-refractivity contribution in [3.63, 3.8) is 0 Å². The second kappa shape index (κ2) is 6.66. The second-order valence-corrected chi connectivity index (χ2v) is 9.95. The van der Waals surface area contributed by atoms with E-state index < -0.39 is 0 Å². The van der Waals surface area contributed by atoms with Crippen LogP contribution in [0.1, 0.15) is 37.8 Å². The Labute approximate surface area is 185 Å². The molecule has 31 heavy (non-hydrogen) atoms. The van der Waals surface area contributed by atoms with E-state index in [0.29, 0.717) is 0 Å². The minimum absolute atomic E-state index is 0.0871. The largest absolute Gasteiger partial charge is 0.310 e. The van der Waals surface area contributed by atoms with E-state index in [0.717, 1.165) is 38.4 Å². The van der Waals surface area contributed by atoms with Gasteiger partial charge in [0.2, 0.25) is 0 Å². The van der Waals surface area contributed by atoms with Crippen molar-refractivity contribution < 1.29 is 0 Å². The third kappa shape index (κ3) is 2.66. The number of nitrogens with zero attached hydrogens (tertiary/aromatic N) is 1. The zero-order valence-electron chi connectivity index (χ0n) is 17.7. The highest BCUT2D eigenvalue weighted by molar-refractivity contribution is 7.16. The lowest BCUT2D eigenvalue weighted by Gasteiger charge is -2.42. The lowest BCUT2D eigenvalue weighted by molar-refractivity contribution is 0.632. The van der Waals surface area contributed by atoms with Gasteiger partial charge < -0.3 is 4.90 Å². The van der Waals surface area contributed by atoms with Crippen LogP contribution in [0.4, 0.5) is 17.1 Å². The fourth-order valence-corrected chi connectivity index (χ4v) is 6.21. The molecule has 152 valence electrons. The number of para-hydroxylation sites is 2. The summed E-state index contributed by atoms with van der Waals surface area (Å²) < 4.78 is 2.17. The van der Waals surface area contributed by atoms with Gasteiger partial charge in [0.1, 0.15) is 0 Å². The van der Waals surface area contributed by atoms with Crippen molar-refractivity contribution in [2.24, 2.45) is 0 Å². The van der Waals surface area contributed by atoms with Crippen molar-refractivity contribution >= 4 is 50.6 Å². The number of hydrogen-bond acceptors (Lipinski definition) is 3. The topological polar surface area (TPSA) is 20.3 Å². The van der Waals surface area contributed by atoms with Crippen molar-refractivity contribution in [2.45, 2.75) is 32.1 Å². The molecule has 0 saturated carbocycles. The van der Waals surface area contributed by atoms with Gasteiger partial charge in [-0.15, -0.1) is 11.3 Å². The third-order valence-electron chi connectivity index (χ3n) is 6.68. The Kier molecular flexibility index (Phi) is 4.00. The van der Waals surface area contributed by atoms with E-state index >= 15 is 0 Å². The number of anilines is 3. The van der Waals surface area contributed by atoms with Crippen molar-refractivity contribution in [1.82, 2.24) is 0 Å². The van der Waals surface area contributed by atoms with E-state index in [1.54, 1.807) is 11.3 Å². The summed E-state index contributed by atoms with van der Waals surface area (Å²) in [6, 6.07) is 23.6. The number of fused-ring (bicyclic) bond motifs is 4. The van der Waals surface area contributed by atoms with Crippen LogP contribution in [0, 0.1) is 0 Å². The van der Waals surface area contributed by atoms with Crippen molar-refractivity contribution in [3.05, 3.63) is 97.8 Å². The maximum Gasteiger partial charge on any atom is 0.195 e. The quantitative estimate of drug-likeness (QED) is 0.391. The van der Waals surface area contributed by atoms with Crippen LogP contribution >= 0.6 is 11.3 Å². The normalized spacial score (nSPS) is 16.0. The van der Waals surface area contributed by atoms with Crippen LogP contribution in [0.5, 0.6) is 0 Å². The molecule has 4 aromatic rings. The predicted octanol–water partition coefficient (Wildman–Crippen LogP) is 5.73. The molecular weight excluding hydrogens is 398 g/mol. The van der Waals surface area contributed by atoms with Gasteiger partial charge in [-0.3, -0.25) is 4.79 Å². The molecule has 1 aliphatic carbocycles. The Balaban J connectivity index is 1.66. The molecule has 0 bridgehead atoms. The van der Waals surface area contributed by atoms with Crippen molar-refractivity contribution in [2.75, 3.05) is 4.90 Å². The molecule has 2 aliphatic rings. The number of rotatable bonds is 1. The molecule has 0 amide bonds. The molecule has 0 radical (unpaired) electrons. The fraction of sp³-hybridized carbons (Fsp3) is 0.179. The molecule has 0 spiro atoms. The summed E-state index contributed by atoms with van der Waals surface area (Å²) in [4.78, 5) is 15.7. The van der Waals surface area contributed by atoms with Gasteiger partial charge in [0, 0.05) is 30.9 Å². The monoisotopic (exact) mass is 421 g/mol. The molecule has 0 saturated heterocycles. The molecule has 1 aromatic heterocycles. The highest BCUT2D eigenvalue weighted by Gasteiger charge is 2.36. The van der Waals surface area contributed by atoms with Crippen LogP contribution in [0.15, 0.2) is 71.5 Å². The molecule has 0 fully saturated rings. The zero-order valence-corrected chi connectivity index (χ0v) is 18.5. The van der Waals surface area contributed by atoms with Gasteiger partial charge in [-0.1, -0.05) is 62.4 Å². The molecule has 0 unspecified atom stereocenters. The van der Waals surface area contributed by atoms with Gasteiger partial charge in [0.05, 0.1) is 11.4 Å². The molecule has 0 atom stereocenters.